The summed E-state index contributed by atoms with van der Waals surface area (Å²) in [5.74, 6) is 0. The number of hydrogen-bond donors (Lipinski definition) is 1. The molecule has 1 atom stereocenters. The summed E-state index contributed by atoms with van der Waals surface area (Å²) in [6.07, 6.45) is -4.38. The van der Waals surface area contributed by atoms with Crippen LogP contribution in [0.25, 0.3) is 0 Å². The van der Waals surface area contributed by atoms with Crippen LogP contribution < -0.4 is 4.90 Å². The van der Waals surface area contributed by atoms with Crippen LogP contribution in [0.4, 0.5) is 18.9 Å². The number of nitriles is 1. The second-order valence-electron chi connectivity index (χ2n) is 4.23. The lowest BCUT2D eigenvalue weighted by Crippen LogP contribution is -2.22. The van der Waals surface area contributed by atoms with E-state index in [4.69, 9.17) is 5.26 Å². The lowest BCUT2D eigenvalue weighted by Gasteiger charge is -2.20. The third-order valence-electron chi connectivity index (χ3n) is 2.95. The topological polar surface area (TPSA) is 47.3 Å². The third-order valence-corrected chi connectivity index (χ3v) is 2.95. The summed E-state index contributed by atoms with van der Waals surface area (Å²) in [7, 11) is 0. The molecule has 96 valence electrons. The number of rotatable bonds is 1. The van der Waals surface area contributed by atoms with Crippen molar-refractivity contribution in [2.75, 3.05) is 18.0 Å². The highest BCUT2D eigenvalue weighted by Gasteiger charge is 2.32. The molecule has 0 unspecified atom stereocenters. The number of hydrogen-bond acceptors (Lipinski definition) is 3. The molecular formula is C12H11F3N2O. The van der Waals surface area contributed by atoms with Crippen LogP contribution in [0.15, 0.2) is 18.2 Å². The van der Waals surface area contributed by atoms with Crippen molar-refractivity contribution in [2.45, 2.75) is 18.7 Å². The van der Waals surface area contributed by atoms with Crippen LogP contribution >= 0.6 is 0 Å². The van der Waals surface area contributed by atoms with Gasteiger partial charge in [0, 0.05) is 13.1 Å². The Morgan fingerprint density at radius 2 is 2.11 bits per heavy atom. The minimum atomic E-state index is -4.45. The van der Waals surface area contributed by atoms with Crippen LogP contribution in [-0.2, 0) is 6.18 Å². The average Bonchev–Trinajstić information content (AvgIpc) is 2.73. The molecule has 18 heavy (non-hydrogen) atoms. The molecule has 3 nitrogen and oxygen atoms in total. The van der Waals surface area contributed by atoms with Gasteiger partial charge >= 0.3 is 6.18 Å². The zero-order chi connectivity index (χ0) is 13.3. The van der Waals surface area contributed by atoms with Crippen molar-refractivity contribution in [1.82, 2.24) is 0 Å². The molecule has 1 saturated heterocycles. The zero-order valence-electron chi connectivity index (χ0n) is 9.41. The monoisotopic (exact) mass is 256 g/mol. The van der Waals surface area contributed by atoms with E-state index >= 15 is 0 Å². The largest absolute Gasteiger partial charge is 0.416 e. The van der Waals surface area contributed by atoms with Crippen molar-refractivity contribution in [3.8, 4) is 6.07 Å². The Hall–Kier alpha value is -1.74. The summed E-state index contributed by atoms with van der Waals surface area (Å²) in [6, 6.07) is 4.87. The van der Waals surface area contributed by atoms with Crippen molar-refractivity contribution < 1.29 is 18.3 Å². The number of aliphatic hydroxyl groups excluding tert-OH is 1. The molecule has 1 N–H and O–H groups in total. The van der Waals surface area contributed by atoms with Gasteiger partial charge in [0.15, 0.2) is 0 Å². The summed E-state index contributed by atoms with van der Waals surface area (Å²) in [4.78, 5) is 1.73. The van der Waals surface area contributed by atoms with Gasteiger partial charge in [-0.1, -0.05) is 0 Å². The lowest BCUT2D eigenvalue weighted by molar-refractivity contribution is -0.137. The standard InChI is InChI=1S/C12H11F3N2O/c13-12(14,15)9-1-2-11(8(5-9)6-16)17-4-3-10(18)7-17/h1-2,5,10,18H,3-4,7H2/t10-/m0/s1. The number of alkyl halides is 3. The fraction of sp³-hybridized carbons (Fsp3) is 0.417. The molecule has 0 aliphatic carbocycles. The van der Waals surface area contributed by atoms with Crippen molar-refractivity contribution in [3.63, 3.8) is 0 Å². The second kappa shape index (κ2) is 4.50. The molecule has 0 aromatic heterocycles. The molecule has 0 radical (unpaired) electrons. The van der Waals surface area contributed by atoms with E-state index in [1.165, 1.54) is 6.07 Å². The van der Waals surface area contributed by atoms with E-state index in [0.717, 1.165) is 12.1 Å². The van der Waals surface area contributed by atoms with Gasteiger partial charge in [0.05, 0.1) is 22.9 Å². The van der Waals surface area contributed by atoms with Crippen LogP contribution in [0.1, 0.15) is 17.5 Å². The Morgan fingerprint density at radius 1 is 1.39 bits per heavy atom. The fourth-order valence-electron chi connectivity index (χ4n) is 2.04. The van der Waals surface area contributed by atoms with Crippen LogP contribution in [0.5, 0.6) is 0 Å². The number of β-amino-alcohol motifs (C(OH)–C–C–N with tert-alkyl or cyclic N) is 1. The molecule has 0 saturated carbocycles. The van der Waals surface area contributed by atoms with Gasteiger partial charge in [-0.3, -0.25) is 0 Å². The van der Waals surface area contributed by atoms with Gasteiger partial charge in [-0.15, -0.1) is 0 Å². The molecule has 0 amide bonds. The van der Waals surface area contributed by atoms with Crippen LogP contribution in [0.3, 0.4) is 0 Å². The van der Waals surface area contributed by atoms with Gasteiger partial charge in [-0.2, -0.15) is 18.4 Å². The van der Waals surface area contributed by atoms with Gasteiger partial charge in [0.25, 0.3) is 0 Å². The Morgan fingerprint density at radius 3 is 2.61 bits per heavy atom. The SMILES string of the molecule is N#Cc1cc(C(F)(F)F)ccc1N1CC[C@H](O)C1. The van der Waals surface area contributed by atoms with E-state index in [-0.39, 0.29) is 5.56 Å². The van der Waals surface area contributed by atoms with E-state index in [0.29, 0.717) is 25.2 Å². The lowest BCUT2D eigenvalue weighted by atomic mass is 10.1. The number of halogens is 3. The molecule has 2 rings (SSSR count). The first-order chi connectivity index (χ1) is 8.41. The summed E-state index contributed by atoms with van der Waals surface area (Å²) in [5.41, 5.74) is -0.400. The van der Waals surface area contributed by atoms with Gasteiger partial charge in [0.2, 0.25) is 0 Å². The van der Waals surface area contributed by atoms with Gasteiger partial charge in [0.1, 0.15) is 6.07 Å². The van der Waals surface area contributed by atoms with Crippen molar-refractivity contribution in [1.29, 1.82) is 5.26 Å². The molecule has 1 aliphatic rings. The van der Waals surface area contributed by atoms with E-state index in [9.17, 15) is 18.3 Å². The molecule has 6 heteroatoms. The second-order valence-corrected chi connectivity index (χ2v) is 4.23. The molecule has 1 aromatic rings. The van der Waals surface area contributed by atoms with Crippen molar-refractivity contribution in [2.24, 2.45) is 0 Å². The molecule has 0 spiro atoms. The summed E-state index contributed by atoms with van der Waals surface area (Å²) < 4.78 is 37.5. The summed E-state index contributed by atoms with van der Waals surface area (Å²) in [5, 5.41) is 18.3. The van der Waals surface area contributed by atoms with Crippen LogP contribution in [-0.4, -0.2) is 24.3 Å². The Kier molecular flexibility index (Phi) is 3.18. The van der Waals surface area contributed by atoms with Crippen molar-refractivity contribution >= 4 is 5.69 Å². The smallest absolute Gasteiger partial charge is 0.391 e. The number of nitrogens with zero attached hydrogens (tertiary/aromatic N) is 2. The highest BCUT2D eigenvalue weighted by atomic mass is 19.4. The predicted molar refractivity (Wildman–Crippen MR) is 59.0 cm³/mol. The van der Waals surface area contributed by atoms with E-state index in [2.05, 4.69) is 0 Å². The van der Waals surface area contributed by atoms with Crippen LogP contribution in [0, 0.1) is 11.3 Å². The van der Waals surface area contributed by atoms with Crippen LogP contribution in [0.2, 0.25) is 0 Å². The highest BCUT2D eigenvalue weighted by Crippen LogP contribution is 2.33. The maximum atomic E-state index is 12.5. The Bertz CT molecular complexity index is 493. The minimum Gasteiger partial charge on any atom is -0.391 e. The van der Waals surface area contributed by atoms with Gasteiger partial charge < -0.3 is 10.0 Å². The molecule has 1 heterocycles. The Balaban J connectivity index is 2.36. The fourth-order valence-corrected chi connectivity index (χ4v) is 2.04. The maximum Gasteiger partial charge on any atom is 0.416 e. The zero-order valence-corrected chi connectivity index (χ0v) is 9.41. The first-order valence-corrected chi connectivity index (χ1v) is 5.46. The minimum absolute atomic E-state index is 0.0149. The van der Waals surface area contributed by atoms with Gasteiger partial charge in [-0.25, -0.2) is 0 Å². The molecule has 1 aliphatic heterocycles. The number of anilines is 1. The maximum absolute atomic E-state index is 12.5. The normalized spacial score (nSPS) is 19.9. The molecule has 0 bridgehead atoms. The summed E-state index contributed by atoms with van der Waals surface area (Å²) >= 11 is 0. The van der Waals surface area contributed by atoms with E-state index in [1.807, 2.05) is 0 Å². The van der Waals surface area contributed by atoms with E-state index < -0.39 is 17.8 Å². The first kappa shape index (κ1) is 12.7. The average molecular weight is 256 g/mol. The quantitative estimate of drug-likeness (QED) is 0.837. The molecular weight excluding hydrogens is 245 g/mol. The molecule has 1 fully saturated rings. The summed E-state index contributed by atoms with van der Waals surface area (Å²) in [6.45, 7) is 0.890. The van der Waals surface area contributed by atoms with Gasteiger partial charge in [-0.05, 0) is 24.6 Å². The first-order valence-electron chi connectivity index (χ1n) is 5.46. The number of benzene rings is 1. The van der Waals surface area contributed by atoms with Crippen molar-refractivity contribution in [3.05, 3.63) is 29.3 Å². The third kappa shape index (κ3) is 2.41. The molecule has 1 aromatic carbocycles. The Labute approximate surface area is 102 Å². The predicted octanol–water partition coefficient (Wildman–Crippen LogP) is 2.15. The van der Waals surface area contributed by atoms with E-state index in [1.54, 1.807) is 11.0 Å². The number of aliphatic hydroxyl groups is 1. The highest BCUT2D eigenvalue weighted by molar-refractivity contribution is 5.61.